The molecule has 1 aromatic heterocycles. The first kappa shape index (κ1) is 14.4. The summed E-state index contributed by atoms with van der Waals surface area (Å²) in [5, 5.41) is 13.8. The molecular formula is C13H20N2O3S. The molecular weight excluding hydrogens is 264 g/mol. The molecule has 2 rings (SSSR count). The molecule has 5 nitrogen and oxygen atoms in total. The van der Waals surface area contributed by atoms with Gasteiger partial charge in [0.05, 0.1) is 30.1 Å². The molecule has 0 radical (unpaired) electrons. The summed E-state index contributed by atoms with van der Waals surface area (Å²) in [4.78, 5) is 13.6. The van der Waals surface area contributed by atoms with Gasteiger partial charge in [0, 0.05) is 11.3 Å². The van der Waals surface area contributed by atoms with Crippen LogP contribution in [-0.4, -0.2) is 45.5 Å². The van der Waals surface area contributed by atoms with Crippen molar-refractivity contribution in [3.8, 4) is 0 Å². The number of β-amino-alcohol motifs (C(OH)–C–C–N with tert-alkyl or cyclic N) is 1. The van der Waals surface area contributed by atoms with Crippen LogP contribution in [0.1, 0.15) is 30.4 Å². The van der Waals surface area contributed by atoms with E-state index in [9.17, 15) is 9.90 Å². The highest BCUT2D eigenvalue weighted by Crippen LogP contribution is 2.25. The van der Waals surface area contributed by atoms with Crippen LogP contribution in [0.3, 0.4) is 0 Å². The molecule has 2 heterocycles. The molecule has 6 heteroatoms. The molecule has 0 saturated carbocycles. The van der Waals surface area contributed by atoms with Crippen molar-refractivity contribution in [2.75, 3.05) is 18.8 Å². The van der Waals surface area contributed by atoms with E-state index < -0.39 is 5.60 Å². The Morgan fingerprint density at radius 3 is 2.74 bits per heavy atom. The Morgan fingerprint density at radius 2 is 2.21 bits per heavy atom. The van der Waals surface area contributed by atoms with Gasteiger partial charge in [0.1, 0.15) is 5.76 Å². The minimum absolute atomic E-state index is 0.0925. The quantitative estimate of drug-likeness (QED) is 0.887. The number of likely N-dealkylation sites (tertiary alicyclic amines) is 1. The number of aryl methyl sites for hydroxylation is 2. The van der Waals surface area contributed by atoms with Gasteiger partial charge in [0.15, 0.2) is 0 Å². The van der Waals surface area contributed by atoms with Crippen molar-refractivity contribution in [3.05, 3.63) is 17.0 Å². The standard InChI is InChI=1S/C13H20N2O3S/c1-4-13(17)7-15(8-13)12(16)6-19-5-11-9(2)14-18-10(11)3/h17H,4-8H2,1-3H3. The Morgan fingerprint density at radius 1 is 1.53 bits per heavy atom. The highest BCUT2D eigenvalue weighted by Gasteiger charge is 2.41. The number of hydrogen-bond donors (Lipinski definition) is 1. The maximum atomic E-state index is 11.9. The Balaban J connectivity index is 1.74. The van der Waals surface area contributed by atoms with Gasteiger partial charge >= 0.3 is 0 Å². The maximum Gasteiger partial charge on any atom is 0.232 e. The lowest BCUT2D eigenvalue weighted by molar-refractivity contribution is -0.152. The summed E-state index contributed by atoms with van der Waals surface area (Å²) in [6.07, 6.45) is 0.697. The first-order valence-corrected chi connectivity index (χ1v) is 7.60. The van der Waals surface area contributed by atoms with Gasteiger partial charge in [0.2, 0.25) is 5.91 Å². The Labute approximate surface area is 117 Å². The molecule has 0 spiro atoms. The van der Waals surface area contributed by atoms with Gasteiger partial charge in [-0.15, -0.1) is 11.8 Å². The molecule has 1 saturated heterocycles. The van der Waals surface area contributed by atoms with Crippen LogP contribution in [0.4, 0.5) is 0 Å². The fourth-order valence-corrected chi connectivity index (χ4v) is 3.18. The number of rotatable bonds is 5. The van der Waals surface area contributed by atoms with Gasteiger partial charge < -0.3 is 14.5 Å². The monoisotopic (exact) mass is 284 g/mol. The number of hydrogen-bond acceptors (Lipinski definition) is 5. The lowest BCUT2D eigenvalue weighted by Gasteiger charge is -2.46. The molecule has 1 aliphatic heterocycles. The lowest BCUT2D eigenvalue weighted by Crippen LogP contribution is -2.63. The third kappa shape index (κ3) is 3.12. The summed E-state index contributed by atoms with van der Waals surface area (Å²) in [6.45, 7) is 6.66. The van der Waals surface area contributed by atoms with E-state index in [1.165, 1.54) is 0 Å². The SMILES string of the molecule is CCC1(O)CN(C(=O)CSCc2c(C)noc2C)C1. The van der Waals surface area contributed by atoms with Crippen molar-refractivity contribution in [2.45, 2.75) is 38.5 Å². The van der Waals surface area contributed by atoms with E-state index in [4.69, 9.17) is 4.52 Å². The molecule has 0 aromatic carbocycles. The molecule has 0 unspecified atom stereocenters. The molecule has 19 heavy (non-hydrogen) atoms. The van der Waals surface area contributed by atoms with Crippen LogP contribution in [0.15, 0.2) is 4.52 Å². The molecule has 1 aliphatic rings. The zero-order valence-electron chi connectivity index (χ0n) is 11.6. The molecule has 1 N–H and O–H groups in total. The largest absolute Gasteiger partial charge is 0.386 e. The van der Waals surface area contributed by atoms with Gasteiger partial charge in [-0.05, 0) is 20.3 Å². The molecule has 106 valence electrons. The van der Waals surface area contributed by atoms with Crippen LogP contribution >= 0.6 is 11.8 Å². The van der Waals surface area contributed by atoms with Gasteiger partial charge in [-0.25, -0.2) is 0 Å². The Hall–Kier alpha value is -1.01. The zero-order valence-corrected chi connectivity index (χ0v) is 12.4. The van der Waals surface area contributed by atoms with E-state index in [0.29, 0.717) is 25.3 Å². The number of carbonyl (C=O) groups excluding carboxylic acids is 1. The van der Waals surface area contributed by atoms with E-state index in [0.717, 1.165) is 22.8 Å². The molecule has 0 atom stereocenters. The van der Waals surface area contributed by atoms with Gasteiger partial charge in [-0.1, -0.05) is 12.1 Å². The first-order valence-electron chi connectivity index (χ1n) is 6.45. The summed E-state index contributed by atoms with van der Waals surface area (Å²) < 4.78 is 5.08. The van der Waals surface area contributed by atoms with Crippen molar-refractivity contribution >= 4 is 17.7 Å². The fourth-order valence-electron chi connectivity index (χ4n) is 2.10. The average Bonchev–Trinajstić information content (AvgIpc) is 2.66. The number of amides is 1. The zero-order chi connectivity index (χ0) is 14.0. The topological polar surface area (TPSA) is 66.6 Å². The van der Waals surface area contributed by atoms with Crippen LogP contribution < -0.4 is 0 Å². The van der Waals surface area contributed by atoms with Crippen molar-refractivity contribution in [1.82, 2.24) is 10.1 Å². The molecule has 1 amide bonds. The summed E-state index contributed by atoms with van der Waals surface area (Å²) in [6, 6.07) is 0. The number of nitrogens with zero attached hydrogens (tertiary/aromatic N) is 2. The van der Waals surface area contributed by atoms with Crippen molar-refractivity contribution in [3.63, 3.8) is 0 Å². The molecule has 0 aliphatic carbocycles. The smallest absolute Gasteiger partial charge is 0.232 e. The van der Waals surface area contributed by atoms with Crippen molar-refractivity contribution in [2.24, 2.45) is 0 Å². The Kier molecular flexibility index (Phi) is 4.20. The molecule has 1 aromatic rings. The van der Waals surface area contributed by atoms with Crippen LogP contribution in [-0.2, 0) is 10.5 Å². The van der Waals surface area contributed by atoms with Gasteiger partial charge in [0.25, 0.3) is 0 Å². The van der Waals surface area contributed by atoms with E-state index in [1.54, 1.807) is 16.7 Å². The van der Waals surface area contributed by atoms with Crippen LogP contribution in [0, 0.1) is 13.8 Å². The summed E-state index contributed by atoms with van der Waals surface area (Å²) in [7, 11) is 0. The minimum atomic E-state index is -0.651. The number of carbonyl (C=O) groups is 1. The van der Waals surface area contributed by atoms with E-state index in [-0.39, 0.29) is 5.91 Å². The fraction of sp³-hybridized carbons (Fsp3) is 0.692. The van der Waals surface area contributed by atoms with Crippen molar-refractivity contribution < 1.29 is 14.4 Å². The third-order valence-corrected chi connectivity index (χ3v) is 4.58. The normalized spacial score (nSPS) is 17.4. The first-order chi connectivity index (χ1) is 8.95. The predicted molar refractivity (Wildman–Crippen MR) is 74.0 cm³/mol. The van der Waals surface area contributed by atoms with Crippen LogP contribution in [0.5, 0.6) is 0 Å². The Bertz CT molecular complexity index is 447. The number of thioether (sulfide) groups is 1. The number of aromatic nitrogens is 1. The van der Waals surface area contributed by atoms with Gasteiger partial charge in [-0.3, -0.25) is 4.79 Å². The summed E-state index contributed by atoms with van der Waals surface area (Å²) in [5.41, 5.74) is 1.32. The second-order valence-corrected chi connectivity index (χ2v) is 6.11. The maximum absolute atomic E-state index is 11.9. The molecule has 0 bridgehead atoms. The van der Waals surface area contributed by atoms with Crippen LogP contribution in [0.2, 0.25) is 0 Å². The predicted octanol–water partition coefficient (Wildman–Crippen LogP) is 1.51. The second-order valence-electron chi connectivity index (χ2n) is 5.12. The minimum Gasteiger partial charge on any atom is -0.386 e. The highest BCUT2D eigenvalue weighted by atomic mass is 32.2. The van der Waals surface area contributed by atoms with Crippen molar-refractivity contribution in [1.29, 1.82) is 0 Å². The van der Waals surface area contributed by atoms with Crippen LogP contribution in [0.25, 0.3) is 0 Å². The summed E-state index contributed by atoms with van der Waals surface area (Å²) >= 11 is 1.56. The third-order valence-electron chi connectivity index (χ3n) is 3.63. The number of aliphatic hydroxyl groups is 1. The molecule has 1 fully saturated rings. The highest BCUT2D eigenvalue weighted by molar-refractivity contribution is 7.99. The summed E-state index contributed by atoms with van der Waals surface area (Å²) in [5.74, 6) is 2.08. The van der Waals surface area contributed by atoms with E-state index >= 15 is 0 Å². The lowest BCUT2D eigenvalue weighted by atomic mass is 9.91. The average molecular weight is 284 g/mol. The van der Waals surface area contributed by atoms with E-state index in [2.05, 4.69) is 5.16 Å². The van der Waals surface area contributed by atoms with Gasteiger partial charge in [-0.2, -0.15) is 0 Å². The second kappa shape index (κ2) is 5.54. The van der Waals surface area contributed by atoms with E-state index in [1.807, 2.05) is 20.8 Å².